The molecule has 11 nitrogen and oxygen atoms in total. The standard InChI is InChI=1S/C24H25ClN6O5/c25-17-7-19-23(28-20(32)13-36-19)27-18(17)9-26-8-16-12-29(5-6-35-16)10-15-11-30-21(33)3-1-14-2-4-22(34)31(15)24(14)30/h1-4,7,15-16,26H,5-6,8-13H2,(H,27,28,32)/t15-,16+/m1/s1. The van der Waals surface area contributed by atoms with Crippen LogP contribution in [0.1, 0.15) is 11.7 Å². The second-order valence-electron chi connectivity index (χ2n) is 9.24. The van der Waals surface area contributed by atoms with E-state index in [-0.39, 0.29) is 35.8 Å². The lowest BCUT2D eigenvalue weighted by Gasteiger charge is -2.34. The Morgan fingerprint density at radius 3 is 2.83 bits per heavy atom. The molecule has 188 valence electrons. The summed E-state index contributed by atoms with van der Waals surface area (Å²) in [6.07, 6.45) is -0.0581. The summed E-state index contributed by atoms with van der Waals surface area (Å²) in [5.41, 5.74) is 1.12. The molecule has 3 aliphatic heterocycles. The number of ether oxygens (including phenoxy) is 2. The van der Waals surface area contributed by atoms with Crippen LogP contribution in [0.5, 0.6) is 5.75 Å². The molecule has 3 aromatic rings. The summed E-state index contributed by atoms with van der Waals surface area (Å²) in [7, 11) is 0. The van der Waals surface area contributed by atoms with Crippen molar-refractivity contribution in [3.63, 3.8) is 0 Å². The van der Waals surface area contributed by atoms with Crippen molar-refractivity contribution in [1.29, 1.82) is 0 Å². The molecule has 6 heterocycles. The van der Waals surface area contributed by atoms with Crippen LogP contribution in [0, 0.1) is 0 Å². The number of nitrogens with zero attached hydrogens (tertiary/aromatic N) is 4. The molecule has 0 aliphatic carbocycles. The number of fused-ring (bicyclic) bond motifs is 1. The van der Waals surface area contributed by atoms with Crippen molar-refractivity contribution in [3.8, 4) is 5.75 Å². The third-order valence-corrected chi connectivity index (χ3v) is 7.13. The molecule has 0 spiro atoms. The first-order chi connectivity index (χ1) is 17.5. The summed E-state index contributed by atoms with van der Waals surface area (Å²) in [6, 6.07) is 8.21. The largest absolute Gasteiger partial charge is 0.480 e. The van der Waals surface area contributed by atoms with E-state index >= 15 is 0 Å². The lowest BCUT2D eigenvalue weighted by Crippen LogP contribution is -2.48. The molecule has 0 saturated carbocycles. The van der Waals surface area contributed by atoms with Gasteiger partial charge in [0.1, 0.15) is 5.65 Å². The number of pyridine rings is 3. The number of anilines is 1. The van der Waals surface area contributed by atoms with Crippen LogP contribution < -0.4 is 26.5 Å². The third-order valence-electron chi connectivity index (χ3n) is 6.80. The highest BCUT2D eigenvalue weighted by Crippen LogP contribution is 2.30. The number of carbonyl (C=O) groups excluding carboxylic acids is 1. The Hall–Kier alpha value is -3.25. The molecule has 3 aromatic heterocycles. The van der Waals surface area contributed by atoms with E-state index in [2.05, 4.69) is 20.5 Å². The summed E-state index contributed by atoms with van der Waals surface area (Å²) >= 11 is 6.35. The van der Waals surface area contributed by atoms with Crippen molar-refractivity contribution in [1.82, 2.24) is 24.3 Å². The van der Waals surface area contributed by atoms with Crippen molar-refractivity contribution >= 4 is 34.4 Å². The summed E-state index contributed by atoms with van der Waals surface area (Å²) in [4.78, 5) is 43.4. The Labute approximate surface area is 210 Å². The number of carbonyl (C=O) groups is 1. The fraction of sp³-hybridized carbons (Fsp3) is 0.417. The molecular formula is C24H25ClN6O5. The number of nitrogens with one attached hydrogen (secondary N) is 2. The Balaban J connectivity index is 1.08. The minimum Gasteiger partial charge on any atom is -0.480 e. The highest BCUT2D eigenvalue weighted by molar-refractivity contribution is 6.31. The minimum atomic E-state index is -0.249. The number of hydrogen-bond acceptors (Lipinski definition) is 8. The third kappa shape index (κ3) is 4.28. The molecule has 0 unspecified atom stereocenters. The van der Waals surface area contributed by atoms with Gasteiger partial charge in [-0.25, -0.2) is 4.98 Å². The van der Waals surface area contributed by atoms with Gasteiger partial charge in [0.25, 0.3) is 17.0 Å². The number of halogens is 1. The van der Waals surface area contributed by atoms with E-state index in [9.17, 15) is 14.4 Å². The Kier molecular flexibility index (Phi) is 6.00. The van der Waals surface area contributed by atoms with Gasteiger partial charge < -0.3 is 20.1 Å². The Morgan fingerprint density at radius 1 is 1.14 bits per heavy atom. The van der Waals surface area contributed by atoms with Crippen LogP contribution in [0.2, 0.25) is 5.02 Å². The Morgan fingerprint density at radius 2 is 1.97 bits per heavy atom. The summed E-state index contributed by atoms with van der Waals surface area (Å²) in [5.74, 6) is 0.580. The van der Waals surface area contributed by atoms with Crippen LogP contribution in [-0.2, 0) is 22.6 Å². The van der Waals surface area contributed by atoms with Crippen LogP contribution >= 0.6 is 11.6 Å². The van der Waals surface area contributed by atoms with Gasteiger partial charge in [0.15, 0.2) is 18.2 Å². The zero-order chi connectivity index (χ0) is 24.8. The van der Waals surface area contributed by atoms with Gasteiger partial charge in [-0.2, -0.15) is 0 Å². The van der Waals surface area contributed by atoms with Crippen molar-refractivity contribution in [3.05, 3.63) is 61.8 Å². The molecule has 3 aliphatic rings. The maximum atomic E-state index is 12.7. The molecule has 1 fully saturated rings. The molecule has 6 rings (SSSR count). The van der Waals surface area contributed by atoms with Crippen molar-refractivity contribution in [2.24, 2.45) is 0 Å². The van der Waals surface area contributed by atoms with E-state index in [1.165, 1.54) is 0 Å². The molecular weight excluding hydrogens is 488 g/mol. The Bertz CT molecular complexity index is 1460. The van der Waals surface area contributed by atoms with Gasteiger partial charge in [-0.1, -0.05) is 11.6 Å². The average Bonchev–Trinajstić information content (AvgIpc) is 3.25. The number of amides is 1. The molecule has 12 heteroatoms. The topological polar surface area (TPSA) is 120 Å². The SMILES string of the molecule is O=C1COc2cc(Cl)c(CNC[C@H]3CN(C[C@@H]4Cn5c(=O)ccc6ccc(=O)n4c65)CCO3)nc2N1. The smallest absolute Gasteiger partial charge is 0.263 e. The zero-order valence-corrected chi connectivity index (χ0v) is 20.2. The van der Waals surface area contributed by atoms with Gasteiger partial charge >= 0.3 is 0 Å². The first-order valence-corrected chi connectivity index (χ1v) is 12.3. The number of rotatable bonds is 6. The van der Waals surface area contributed by atoms with E-state index in [4.69, 9.17) is 21.1 Å². The van der Waals surface area contributed by atoms with Crippen LogP contribution in [0.4, 0.5) is 5.82 Å². The van der Waals surface area contributed by atoms with Gasteiger partial charge in [-0.15, -0.1) is 0 Å². The molecule has 1 saturated heterocycles. The summed E-state index contributed by atoms with van der Waals surface area (Å²) in [5, 5.41) is 7.38. The predicted octanol–water partition coefficient (Wildman–Crippen LogP) is 0.588. The van der Waals surface area contributed by atoms with Crippen molar-refractivity contribution < 1.29 is 14.3 Å². The second-order valence-corrected chi connectivity index (χ2v) is 9.65. The molecule has 0 bridgehead atoms. The maximum Gasteiger partial charge on any atom is 0.263 e. The minimum absolute atomic E-state index is 0.0500. The first kappa shape index (κ1) is 23.2. The van der Waals surface area contributed by atoms with Gasteiger partial charge in [-0.3, -0.25) is 28.4 Å². The van der Waals surface area contributed by atoms with E-state index < -0.39 is 0 Å². The highest BCUT2D eigenvalue weighted by atomic mass is 35.5. The van der Waals surface area contributed by atoms with Crippen molar-refractivity contribution in [2.45, 2.75) is 25.2 Å². The quantitative estimate of drug-likeness (QED) is 0.492. The van der Waals surface area contributed by atoms with Crippen LogP contribution in [0.15, 0.2) is 39.9 Å². The molecule has 36 heavy (non-hydrogen) atoms. The lowest BCUT2D eigenvalue weighted by molar-refractivity contribution is -0.118. The normalized spacial score (nSPS) is 21.3. The van der Waals surface area contributed by atoms with Gasteiger partial charge in [0, 0.05) is 62.9 Å². The fourth-order valence-electron chi connectivity index (χ4n) is 5.16. The second kappa shape index (κ2) is 9.32. The highest BCUT2D eigenvalue weighted by Gasteiger charge is 2.30. The monoisotopic (exact) mass is 512 g/mol. The predicted molar refractivity (Wildman–Crippen MR) is 133 cm³/mol. The summed E-state index contributed by atoms with van der Waals surface area (Å²) in [6.45, 7) is 4.08. The van der Waals surface area contributed by atoms with Gasteiger partial charge in [0.05, 0.1) is 29.5 Å². The van der Waals surface area contributed by atoms with Gasteiger partial charge in [0.2, 0.25) is 0 Å². The van der Waals surface area contributed by atoms with Crippen molar-refractivity contribution in [2.75, 3.05) is 44.7 Å². The molecule has 2 atom stereocenters. The average molecular weight is 513 g/mol. The molecule has 0 radical (unpaired) electrons. The number of hydrogen-bond donors (Lipinski definition) is 2. The van der Waals surface area contributed by atoms with Gasteiger partial charge in [-0.05, 0) is 12.1 Å². The maximum absolute atomic E-state index is 12.7. The van der Waals surface area contributed by atoms with Crippen LogP contribution in [0.3, 0.4) is 0 Å². The van der Waals surface area contributed by atoms with E-state index in [0.29, 0.717) is 67.3 Å². The number of morpholine rings is 1. The first-order valence-electron chi connectivity index (χ1n) is 11.9. The lowest BCUT2D eigenvalue weighted by atomic mass is 10.2. The fourth-order valence-corrected chi connectivity index (χ4v) is 5.36. The molecule has 0 aromatic carbocycles. The van der Waals surface area contributed by atoms with E-state index in [0.717, 1.165) is 11.9 Å². The number of aromatic nitrogens is 3. The van der Waals surface area contributed by atoms with E-state index in [1.807, 2.05) is 0 Å². The van der Waals surface area contributed by atoms with E-state index in [1.54, 1.807) is 39.5 Å². The van der Waals surface area contributed by atoms with Crippen LogP contribution in [0.25, 0.3) is 11.0 Å². The zero-order valence-electron chi connectivity index (χ0n) is 19.4. The van der Waals surface area contributed by atoms with Crippen LogP contribution in [-0.4, -0.2) is 70.4 Å². The molecule has 1 amide bonds. The summed E-state index contributed by atoms with van der Waals surface area (Å²) < 4.78 is 14.7. The molecule has 2 N–H and O–H groups in total.